The number of ether oxygens (including phenoxy) is 2. The van der Waals surface area contributed by atoms with E-state index in [1.165, 1.54) is 24.4 Å². The Morgan fingerprint density at radius 2 is 1.69 bits per heavy atom. The number of anilines is 1. The number of amides is 1. The molecule has 150 valence electrons. The molecule has 2 aromatic carbocycles. The van der Waals surface area contributed by atoms with Crippen LogP contribution in [0.5, 0.6) is 17.2 Å². The van der Waals surface area contributed by atoms with Crippen molar-refractivity contribution in [2.24, 2.45) is 0 Å². The second kappa shape index (κ2) is 8.51. The van der Waals surface area contributed by atoms with Gasteiger partial charge in [-0.3, -0.25) is 4.79 Å². The number of halogens is 3. The number of hydrogen-bond acceptors (Lipinski definition) is 5. The lowest BCUT2D eigenvalue weighted by atomic mass is 10.2. The van der Waals surface area contributed by atoms with E-state index in [0.717, 1.165) is 11.6 Å². The van der Waals surface area contributed by atoms with E-state index in [-0.39, 0.29) is 29.6 Å². The predicted molar refractivity (Wildman–Crippen MR) is 99.5 cm³/mol. The zero-order chi connectivity index (χ0) is 20.9. The number of nitrogens with two attached hydrogens (primary N) is 1. The maximum absolute atomic E-state index is 12.5. The fourth-order valence-electron chi connectivity index (χ4n) is 2.43. The van der Waals surface area contributed by atoms with Crippen LogP contribution in [0.15, 0.2) is 66.9 Å². The van der Waals surface area contributed by atoms with Gasteiger partial charge in [-0.25, -0.2) is 4.98 Å². The Kier molecular flexibility index (Phi) is 5.87. The highest BCUT2D eigenvalue weighted by molar-refractivity contribution is 5.98. The second-order valence-electron chi connectivity index (χ2n) is 5.86. The Balaban J connectivity index is 1.63. The molecule has 9 heteroatoms. The highest BCUT2D eigenvalue weighted by Gasteiger charge is 2.32. The molecule has 0 spiro atoms. The van der Waals surface area contributed by atoms with Crippen LogP contribution in [0.3, 0.4) is 0 Å². The summed E-state index contributed by atoms with van der Waals surface area (Å²) in [5, 5.41) is 2.72. The summed E-state index contributed by atoms with van der Waals surface area (Å²) in [6, 6.07) is 15.2. The molecule has 1 amide bonds. The van der Waals surface area contributed by atoms with Crippen molar-refractivity contribution >= 4 is 11.7 Å². The number of nitrogens with zero attached hydrogens (tertiary/aromatic N) is 1. The van der Waals surface area contributed by atoms with E-state index in [1.807, 2.05) is 0 Å². The first-order valence-corrected chi connectivity index (χ1v) is 8.42. The molecule has 0 saturated carbocycles. The Morgan fingerprint density at radius 3 is 2.34 bits per heavy atom. The van der Waals surface area contributed by atoms with Crippen LogP contribution < -0.4 is 20.5 Å². The van der Waals surface area contributed by atoms with E-state index < -0.39 is 12.1 Å². The summed E-state index contributed by atoms with van der Waals surface area (Å²) in [7, 11) is 0. The minimum Gasteiger partial charge on any atom is -0.453 e. The number of hydrogen-bond donors (Lipinski definition) is 2. The first-order valence-electron chi connectivity index (χ1n) is 8.42. The molecule has 0 bridgehead atoms. The highest BCUT2D eigenvalue weighted by Crippen LogP contribution is 2.34. The lowest BCUT2D eigenvalue weighted by Crippen LogP contribution is -2.24. The molecule has 3 rings (SSSR count). The van der Waals surface area contributed by atoms with Gasteiger partial charge >= 0.3 is 6.36 Å². The average molecular weight is 403 g/mol. The molecule has 0 radical (unpaired) electrons. The number of para-hydroxylation sites is 2. The largest absolute Gasteiger partial charge is 0.573 e. The van der Waals surface area contributed by atoms with Crippen LogP contribution in [-0.2, 0) is 6.54 Å². The minimum atomic E-state index is -4.82. The van der Waals surface area contributed by atoms with E-state index in [1.54, 1.807) is 36.4 Å². The van der Waals surface area contributed by atoms with Crippen molar-refractivity contribution in [3.8, 4) is 17.2 Å². The fraction of sp³-hybridized carbons (Fsp3) is 0.100. The van der Waals surface area contributed by atoms with Crippen LogP contribution in [0.25, 0.3) is 0 Å². The van der Waals surface area contributed by atoms with Crippen LogP contribution >= 0.6 is 0 Å². The molecule has 0 saturated heterocycles. The van der Waals surface area contributed by atoms with Gasteiger partial charge in [0.2, 0.25) is 0 Å². The third kappa shape index (κ3) is 5.61. The van der Waals surface area contributed by atoms with Gasteiger partial charge in [0.15, 0.2) is 11.5 Å². The molecule has 3 N–H and O–H groups in total. The zero-order valence-corrected chi connectivity index (χ0v) is 14.9. The third-order valence-electron chi connectivity index (χ3n) is 3.76. The molecule has 0 fully saturated rings. The van der Waals surface area contributed by atoms with Gasteiger partial charge in [-0.1, -0.05) is 24.3 Å². The molecule has 1 heterocycles. The number of rotatable bonds is 6. The summed E-state index contributed by atoms with van der Waals surface area (Å²) in [4.78, 5) is 16.0. The van der Waals surface area contributed by atoms with Gasteiger partial charge in [-0.2, -0.15) is 0 Å². The van der Waals surface area contributed by atoms with Crippen molar-refractivity contribution in [2.45, 2.75) is 12.9 Å². The summed E-state index contributed by atoms with van der Waals surface area (Å²) in [5.41, 5.74) is 6.69. The number of carbonyl (C=O) groups excluding carboxylic acids is 1. The quantitative estimate of drug-likeness (QED) is 0.641. The second-order valence-corrected chi connectivity index (χ2v) is 5.86. The number of nitrogen functional groups attached to an aromatic ring is 1. The number of nitrogens with one attached hydrogen (secondary N) is 1. The summed E-state index contributed by atoms with van der Waals surface area (Å²) in [6.07, 6.45) is -3.33. The summed E-state index contributed by atoms with van der Waals surface area (Å²) in [5.74, 6) is -0.430. The van der Waals surface area contributed by atoms with Crippen LogP contribution in [0, 0.1) is 0 Å². The van der Waals surface area contributed by atoms with Gasteiger partial charge < -0.3 is 20.5 Å². The van der Waals surface area contributed by atoms with Gasteiger partial charge in [-0.15, -0.1) is 13.2 Å². The molecule has 0 unspecified atom stereocenters. The van der Waals surface area contributed by atoms with E-state index >= 15 is 0 Å². The molecule has 29 heavy (non-hydrogen) atoms. The van der Waals surface area contributed by atoms with Crippen molar-refractivity contribution in [3.05, 3.63) is 78.0 Å². The van der Waals surface area contributed by atoms with Crippen LogP contribution in [-0.4, -0.2) is 17.3 Å². The van der Waals surface area contributed by atoms with Crippen molar-refractivity contribution in [3.63, 3.8) is 0 Å². The van der Waals surface area contributed by atoms with E-state index in [0.29, 0.717) is 5.75 Å². The molecule has 0 aliphatic rings. The summed E-state index contributed by atoms with van der Waals surface area (Å²) < 4.78 is 46.9. The minimum absolute atomic E-state index is 0.0714. The topological polar surface area (TPSA) is 86.5 Å². The molecule has 0 atom stereocenters. The molecule has 6 nitrogen and oxygen atoms in total. The normalized spacial score (nSPS) is 11.0. The molecule has 0 aliphatic carbocycles. The lowest BCUT2D eigenvalue weighted by Gasteiger charge is -2.14. The summed E-state index contributed by atoms with van der Waals surface area (Å²) >= 11 is 0. The van der Waals surface area contributed by atoms with Gasteiger partial charge in [0, 0.05) is 12.7 Å². The van der Waals surface area contributed by atoms with Crippen LogP contribution in [0.2, 0.25) is 0 Å². The van der Waals surface area contributed by atoms with Gasteiger partial charge in [0.25, 0.3) is 5.91 Å². The monoisotopic (exact) mass is 403 g/mol. The average Bonchev–Trinajstić information content (AvgIpc) is 2.68. The summed E-state index contributed by atoms with van der Waals surface area (Å²) in [6.45, 7) is 0.223. The van der Waals surface area contributed by atoms with Crippen LogP contribution in [0.4, 0.5) is 19.0 Å². The standard InChI is InChI=1S/C20H16F3N3O3/c21-20(22,23)29-17-6-2-1-5-16(17)28-14-9-7-13(8-10-14)12-26-19(27)15-4-3-11-25-18(15)24/h1-11H,12H2,(H2,24,25)(H,26,27). The number of aromatic nitrogens is 1. The maximum atomic E-state index is 12.5. The SMILES string of the molecule is Nc1ncccc1C(=O)NCc1ccc(Oc2ccccc2OC(F)(F)F)cc1. The smallest absolute Gasteiger partial charge is 0.453 e. The Hall–Kier alpha value is -3.75. The zero-order valence-electron chi connectivity index (χ0n) is 14.9. The number of benzene rings is 2. The Morgan fingerprint density at radius 1 is 1.00 bits per heavy atom. The van der Waals surface area contributed by atoms with Crippen molar-refractivity contribution < 1.29 is 27.4 Å². The van der Waals surface area contributed by atoms with Crippen molar-refractivity contribution in [2.75, 3.05) is 5.73 Å². The molecule has 3 aromatic rings. The Labute approximate surface area is 164 Å². The number of carbonyl (C=O) groups is 1. The van der Waals surface area contributed by atoms with E-state index in [2.05, 4.69) is 15.0 Å². The van der Waals surface area contributed by atoms with Crippen molar-refractivity contribution in [1.82, 2.24) is 10.3 Å². The van der Waals surface area contributed by atoms with E-state index in [9.17, 15) is 18.0 Å². The van der Waals surface area contributed by atoms with Gasteiger partial charge in [-0.05, 0) is 42.0 Å². The first-order chi connectivity index (χ1) is 13.8. The van der Waals surface area contributed by atoms with Gasteiger partial charge in [0.05, 0.1) is 5.56 Å². The number of alkyl halides is 3. The molecular formula is C20H16F3N3O3. The third-order valence-corrected chi connectivity index (χ3v) is 3.76. The highest BCUT2D eigenvalue weighted by atomic mass is 19.4. The van der Waals surface area contributed by atoms with E-state index in [4.69, 9.17) is 10.5 Å². The predicted octanol–water partition coefficient (Wildman–Crippen LogP) is 4.28. The van der Waals surface area contributed by atoms with Crippen molar-refractivity contribution in [1.29, 1.82) is 0 Å². The number of pyridine rings is 1. The lowest BCUT2D eigenvalue weighted by molar-refractivity contribution is -0.275. The van der Waals surface area contributed by atoms with Gasteiger partial charge in [0.1, 0.15) is 11.6 Å². The van der Waals surface area contributed by atoms with Crippen LogP contribution in [0.1, 0.15) is 15.9 Å². The maximum Gasteiger partial charge on any atom is 0.573 e. The fourth-order valence-corrected chi connectivity index (χ4v) is 2.43. The Bertz CT molecular complexity index is 992. The molecule has 1 aromatic heterocycles. The first kappa shape index (κ1) is 20.0. The molecule has 0 aliphatic heterocycles. The molecular weight excluding hydrogens is 387 g/mol.